The van der Waals surface area contributed by atoms with Crippen LogP contribution in [0.2, 0.25) is 5.02 Å². The van der Waals surface area contributed by atoms with Gasteiger partial charge >= 0.3 is 0 Å². The van der Waals surface area contributed by atoms with Gasteiger partial charge < -0.3 is 5.32 Å². The fraction of sp³-hybridized carbons (Fsp3) is 0.462. The molecule has 0 unspecified atom stereocenters. The Morgan fingerprint density at radius 1 is 1.47 bits per heavy atom. The summed E-state index contributed by atoms with van der Waals surface area (Å²) >= 11 is 9.42. The summed E-state index contributed by atoms with van der Waals surface area (Å²) in [6.45, 7) is 2.27. The van der Waals surface area contributed by atoms with E-state index in [2.05, 4.69) is 32.3 Å². The maximum atomic E-state index is 6.10. The number of nitrogens with one attached hydrogen (secondary N) is 1. The predicted molar refractivity (Wildman–Crippen MR) is 74.0 cm³/mol. The Morgan fingerprint density at radius 2 is 2.35 bits per heavy atom. The lowest BCUT2D eigenvalue weighted by Gasteiger charge is -2.25. The Balaban J connectivity index is 1.87. The summed E-state index contributed by atoms with van der Waals surface area (Å²) in [7, 11) is 0. The van der Waals surface area contributed by atoms with Crippen LogP contribution in [0.3, 0.4) is 0 Å². The Morgan fingerprint density at radius 3 is 3.12 bits per heavy atom. The second-order valence-electron chi connectivity index (χ2n) is 4.81. The van der Waals surface area contributed by atoms with Crippen LogP contribution in [0.4, 0.5) is 0 Å². The van der Waals surface area contributed by atoms with E-state index in [0.717, 1.165) is 23.6 Å². The fourth-order valence-electron chi connectivity index (χ4n) is 2.81. The van der Waals surface area contributed by atoms with Crippen LogP contribution in [0.25, 0.3) is 5.57 Å². The van der Waals surface area contributed by atoms with Crippen LogP contribution < -0.4 is 5.32 Å². The summed E-state index contributed by atoms with van der Waals surface area (Å²) in [5, 5.41) is 4.15. The van der Waals surface area contributed by atoms with Gasteiger partial charge in [-0.25, -0.2) is 4.98 Å². The van der Waals surface area contributed by atoms with Crippen LogP contribution in [0, 0.1) is 11.8 Å². The van der Waals surface area contributed by atoms with Crippen molar-refractivity contribution >= 4 is 33.1 Å². The Labute approximate surface area is 115 Å². The van der Waals surface area contributed by atoms with Crippen LogP contribution in [0.1, 0.15) is 18.4 Å². The lowest BCUT2D eigenvalue weighted by Crippen LogP contribution is -2.33. The van der Waals surface area contributed by atoms with Gasteiger partial charge in [0.05, 0.1) is 5.02 Å². The minimum Gasteiger partial charge on any atom is -0.316 e. The van der Waals surface area contributed by atoms with Crippen LogP contribution in [0.5, 0.6) is 0 Å². The quantitative estimate of drug-likeness (QED) is 0.803. The van der Waals surface area contributed by atoms with E-state index < -0.39 is 0 Å². The first kappa shape index (κ1) is 11.7. The van der Waals surface area contributed by atoms with E-state index in [1.54, 1.807) is 0 Å². The molecule has 0 bridgehead atoms. The van der Waals surface area contributed by atoms with Crippen molar-refractivity contribution in [2.75, 3.05) is 13.1 Å². The van der Waals surface area contributed by atoms with Crippen molar-refractivity contribution in [2.45, 2.75) is 12.8 Å². The average molecular weight is 314 g/mol. The first-order chi connectivity index (χ1) is 8.24. The average Bonchev–Trinajstić information content (AvgIpc) is 2.76. The zero-order chi connectivity index (χ0) is 11.8. The molecule has 1 aliphatic heterocycles. The molecule has 4 heteroatoms. The molecule has 1 N–H and O–H groups in total. The number of nitrogens with zero attached hydrogens (tertiary/aromatic N) is 1. The Kier molecular flexibility index (Phi) is 3.24. The molecule has 2 heterocycles. The normalized spacial score (nSPS) is 27.8. The molecular formula is C13H14BrClN2. The Bertz CT molecular complexity index is 472. The molecule has 1 aliphatic carbocycles. The lowest BCUT2D eigenvalue weighted by atomic mass is 9.89. The highest BCUT2D eigenvalue weighted by atomic mass is 79.9. The van der Waals surface area contributed by atoms with Crippen molar-refractivity contribution in [2.24, 2.45) is 11.8 Å². The summed E-state index contributed by atoms with van der Waals surface area (Å²) in [4.78, 5) is 4.27. The number of aromatic nitrogens is 1. The highest BCUT2D eigenvalue weighted by molar-refractivity contribution is 9.10. The van der Waals surface area contributed by atoms with Crippen LogP contribution in [-0.4, -0.2) is 18.1 Å². The first-order valence-electron chi connectivity index (χ1n) is 5.97. The molecule has 1 saturated heterocycles. The zero-order valence-corrected chi connectivity index (χ0v) is 11.8. The van der Waals surface area contributed by atoms with Crippen molar-refractivity contribution in [3.05, 3.63) is 33.5 Å². The van der Waals surface area contributed by atoms with Crippen molar-refractivity contribution in [1.82, 2.24) is 10.3 Å². The molecule has 2 aliphatic rings. The van der Waals surface area contributed by atoms with Crippen LogP contribution in [-0.2, 0) is 0 Å². The van der Waals surface area contributed by atoms with E-state index in [0.29, 0.717) is 10.9 Å². The largest absolute Gasteiger partial charge is 0.316 e. The van der Waals surface area contributed by atoms with Gasteiger partial charge in [0.15, 0.2) is 0 Å². The lowest BCUT2D eigenvalue weighted by molar-refractivity contribution is 0.323. The van der Waals surface area contributed by atoms with Gasteiger partial charge in [0.1, 0.15) is 4.60 Å². The molecule has 0 aromatic carbocycles. The van der Waals surface area contributed by atoms with E-state index in [-0.39, 0.29) is 0 Å². The van der Waals surface area contributed by atoms with E-state index >= 15 is 0 Å². The van der Waals surface area contributed by atoms with Gasteiger partial charge in [0, 0.05) is 12.7 Å². The van der Waals surface area contributed by atoms with Crippen molar-refractivity contribution in [3.63, 3.8) is 0 Å². The van der Waals surface area contributed by atoms with E-state index in [1.165, 1.54) is 24.0 Å². The van der Waals surface area contributed by atoms with Crippen molar-refractivity contribution < 1.29 is 0 Å². The van der Waals surface area contributed by atoms with Gasteiger partial charge in [-0.15, -0.1) is 0 Å². The van der Waals surface area contributed by atoms with Gasteiger partial charge in [0.25, 0.3) is 0 Å². The molecular weight excluding hydrogens is 300 g/mol. The number of fused-ring (bicyclic) bond motifs is 1. The fourth-order valence-corrected chi connectivity index (χ4v) is 3.19. The SMILES string of the molecule is Clc1cc(C2=C[C@@H]3CNCC[C@@H]3C2)cnc1Br. The number of halogens is 2. The van der Waals surface area contributed by atoms with Crippen LogP contribution in [0.15, 0.2) is 22.9 Å². The number of rotatable bonds is 1. The third-order valence-electron chi connectivity index (χ3n) is 3.74. The first-order valence-corrected chi connectivity index (χ1v) is 7.14. The molecule has 0 spiro atoms. The summed E-state index contributed by atoms with van der Waals surface area (Å²) < 4.78 is 0.723. The number of hydrogen-bond donors (Lipinski definition) is 1. The summed E-state index contributed by atoms with van der Waals surface area (Å²) in [5.74, 6) is 1.51. The third kappa shape index (κ3) is 2.28. The molecule has 0 radical (unpaired) electrons. The summed E-state index contributed by atoms with van der Waals surface area (Å²) in [5.41, 5.74) is 2.58. The van der Waals surface area contributed by atoms with Gasteiger partial charge in [-0.2, -0.15) is 0 Å². The van der Waals surface area contributed by atoms with E-state index in [4.69, 9.17) is 11.6 Å². The molecule has 0 saturated carbocycles. The second kappa shape index (κ2) is 4.71. The molecule has 17 heavy (non-hydrogen) atoms. The standard InChI is InChI=1S/C13H14BrClN2/c14-13-12(15)5-11(7-17-13)9-3-8-1-2-16-6-10(8)4-9/h4-5,7-8,10,16H,1-3,6H2/t8-,10-/m1/s1. The van der Waals surface area contributed by atoms with Gasteiger partial charge in [-0.05, 0) is 64.4 Å². The molecule has 1 aromatic heterocycles. The molecule has 3 rings (SSSR count). The number of pyridine rings is 1. The third-order valence-corrected chi connectivity index (χ3v) is 4.89. The Hall–Kier alpha value is -0.380. The van der Waals surface area contributed by atoms with Gasteiger partial charge in [0.2, 0.25) is 0 Å². The highest BCUT2D eigenvalue weighted by Gasteiger charge is 2.30. The van der Waals surface area contributed by atoms with Crippen molar-refractivity contribution in [3.8, 4) is 0 Å². The molecule has 1 aromatic rings. The topological polar surface area (TPSA) is 24.9 Å². The maximum Gasteiger partial charge on any atom is 0.124 e. The van der Waals surface area contributed by atoms with E-state index in [1.807, 2.05) is 12.3 Å². The minimum atomic E-state index is 0.691. The second-order valence-corrected chi connectivity index (χ2v) is 5.97. The molecule has 90 valence electrons. The highest BCUT2D eigenvalue weighted by Crippen LogP contribution is 2.39. The summed E-state index contributed by atoms with van der Waals surface area (Å²) in [6, 6.07) is 2.01. The predicted octanol–water partition coefficient (Wildman–Crippen LogP) is 3.51. The molecule has 0 amide bonds. The molecule has 1 fully saturated rings. The van der Waals surface area contributed by atoms with Gasteiger partial charge in [-0.3, -0.25) is 0 Å². The zero-order valence-electron chi connectivity index (χ0n) is 9.42. The number of allylic oxidation sites excluding steroid dienone is 1. The van der Waals surface area contributed by atoms with Crippen molar-refractivity contribution in [1.29, 1.82) is 0 Å². The monoisotopic (exact) mass is 312 g/mol. The van der Waals surface area contributed by atoms with E-state index in [9.17, 15) is 0 Å². The molecule has 2 atom stereocenters. The smallest absolute Gasteiger partial charge is 0.124 e. The van der Waals surface area contributed by atoms with Gasteiger partial charge in [-0.1, -0.05) is 17.7 Å². The maximum absolute atomic E-state index is 6.10. The summed E-state index contributed by atoms with van der Waals surface area (Å²) in [6.07, 6.45) is 6.76. The minimum absolute atomic E-state index is 0.691. The number of piperidine rings is 1. The number of hydrogen-bond acceptors (Lipinski definition) is 2. The molecule has 2 nitrogen and oxygen atoms in total. The van der Waals surface area contributed by atoms with Crippen LogP contribution >= 0.6 is 27.5 Å².